The lowest BCUT2D eigenvalue weighted by atomic mass is 10.2. The molecule has 0 radical (unpaired) electrons. The minimum absolute atomic E-state index is 0.722. The molecule has 0 aromatic heterocycles. The molecule has 1 aromatic rings. The molecule has 18 heavy (non-hydrogen) atoms. The molecule has 0 heterocycles. The molecule has 1 N–H and O–H groups in total. The van der Waals surface area contributed by atoms with Crippen LogP contribution in [0.2, 0.25) is 0 Å². The maximum absolute atomic E-state index is 3.55. The van der Waals surface area contributed by atoms with Crippen LogP contribution in [0.4, 0.5) is 0 Å². The molecule has 0 spiro atoms. The Balaban J connectivity index is 1.91. The molecule has 2 heteroatoms. The summed E-state index contributed by atoms with van der Waals surface area (Å²) in [6.45, 7) is 6.62. The van der Waals surface area contributed by atoms with Crippen molar-refractivity contribution < 1.29 is 0 Å². The van der Waals surface area contributed by atoms with Gasteiger partial charge in [0.05, 0.1) is 0 Å². The minimum atomic E-state index is 0.722. The predicted molar refractivity (Wildman–Crippen MR) is 81.1 cm³/mol. The van der Waals surface area contributed by atoms with Crippen LogP contribution in [0.15, 0.2) is 29.2 Å². The number of benzene rings is 1. The van der Waals surface area contributed by atoms with Gasteiger partial charge in [-0.1, -0.05) is 44.9 Å². The molecule has 0 aliphatic heterocycles. The van der Waals surface area contributed by atoms with E-state index in [2.05, 4.69) is 55.2 Å². The summed E-state index contributed by atoms with van der Waals surface area (Å²) < 4.78 is 0. The molecule has 0 saturated heterocycles. The van der Waals surface area contributed by atoms with Gasteiger partial charge in [0, 0.05) is 16.7 Å². The van der Waals surface area contributed by atoms with Crippen molar-refractivity contribution in [1.82, 2.24) is 5.32 Å². The first kappa shape index (κ1) is 14.0. The van der Waals surface area contributed by atoms with Gasteiger partial charge in [0.1, 0.15) is 0 Å². The first-order chi connectivity index (χ1) is 8.75. The number of rotatable bonds is 6. The lowest BCUT2D eigenvalue weighted by molar-refractivity contribution is 0.550. The second-order valence-electron chi connectivity index (χ2n) is 5.66. The predicted octanol–water partition coefficient (Wildman–Crippen LogP) is 4.47. The Hall–Kier alpha value is -0.470. The molecule has 2 rings (SSSR count). The van der Waals surface area contributed by atoms with E-state index in [9.17, 15) is 0 Å². The van der Waals surface area contributed by atoms with Gasteiger partial charge in [0.2, 0.25) is 0 Å². The quantitative estimate of drug-likeness (QED) is 0.813. The summed E-state index contributed by atoms with van der Waals surface area (Å²) in [5.74, 6) is 0.722. The van der Waals surface area contributed by atoms with Gasteiger partial charge >= 0.3 is 0 Å². The number of hydrogen-bond acceptors (Lipinski definition) is 2. The zero-order valence-electron chi connectivity index (χ0n) is 11.6. The van der Waals surface area contributed by atoms with Crippen LogP contribution >= 0.6 is 11.8 Å². The van der Waals surface area contributed by atoms with E-state index in [1.54, 1.807) is 0 Å². The normalized spacial score (nSPS) is 16.6. The van der Waals surface area contributed by atoms with E-state index in [1.807, 2.05) is 0 Å². The Kier molecular flexibility index (Phi) is 5.58. The zero-order chi connectivity index (χ0) is 12.8. The molecule has 1 nitrogen and oxygen atoms in total. The maximum atomic E-state index is 3.55. The molecule has 1 aromatic carbocycles. The van der Waals surface area contributed by atoms with Crippen molar-refractivity contribution in [3.63, 3.8) is 0 Å². The number of thioether (sulfide) groups is 1. The van der Waals surface area contributed by atoms with Crippen molar-refractivity contribution in [1.29, 1.82) is 0 Å². The molecular formula is C16H25NS. The molecule has 0 atom stereocenters. The van der Waals surface area contributed by atoms with Crippen LogP contribution in [0.5, 0.6) is 0 Å². The van der Waals surface area contributed by atoms with Gasteiger partial charge in [0.25, 0.3) is 0 Å². The largest absolute Gasteiger partial charge is 0.312 e. The Morgan fingerprint density at radius 3 is 2.67 bits per heavy atom. The third-order valence-electron chi connectivity index (χ3n) is 3.44. The lowest BCUT2D eigenvalue weighted by Gasteiger charge is -2.14. The summed E-state index contributed by atoms with van der Waals surface area (Å²) in [5, 5.41) is 4.41. The zero-order valence-corrected chi connectivity index (χ0v) is 12.4. The Morgan fingerprint density at radius 1 is 1.22 bits per heavy atom. The van der Waals surface area contributed by atoms with Gasteiger partial charge in [-0.3, -0.25) is 0 Å². The van der Waals surface area contributed by atoms with Crippen molar-refractivity contribution in [2.45, 2.75) is 56.2 Å². The maximum Gasteiger partial charge on any atom is 0.0216 e. The SMILES string of the molecule is CC(C)CNCc1ccccc1SC1CCCC1. The summed E-state index contributed by atoms with van der Waals surface area (Å²) in [4.78, 5) is 1.49. The van der Waals surface area contributed by atoms with Gasteiger partial charge in [-0.25, -0.2) is 0 Å². The highest BCUT2D eigenvalue weighted by Crippen LogP contribution is 2.36. The summed E-state index contributed by atoms with van der Waals surface area (Å²) in [5.41, 5.74) is 1.47. The van der Waals surface area contributed by atoms with E-state index in [4.69, 9.17) is 0 Å². The van der Waals surface area contributed by atoms with E-state index in [-0.39, 0.29) is 0 Å². The topological polar surface area (TPSA) is 12.0 Å². The molecule has 0 amide bonds. The van der Waals surface area contributed by atoms with Crippen molar-refractivity contribution >= 4 is 11.8 Å². The Bertz CT molecular complexity index is 356. The summed E-state index contributed by atoms with van der Waals surface area (Å²) in [7, 11) is 0. The van der Waals surface area contributed by atoms with Gasteiger partial charge in [-0.2, -0.15) is 0 Å². The van der Waals surface area contributed by atoms with Crippen LogP contribution in [-0.2, 0) is 6.54 Å². The van der Waals surface area contributed by atoms with Crippen LogP contribution in [-0.4, -0.2) is 11.8 Å². The van der Waals surface area contributed by atoms with Gasteiger partial charge in [0.15, 0.2) is 0 Å². The van der Waals surface area contributed by atoms with Gasteiger partial charge in [-0.05, 0) is 36.9 Å². The van der Waals surface area contributed by atoms with Crippen molar-refractivity contribution in [2.75, 3.05) is 6.54 Å². The molecule has 1 fully saturated rings. The Morgan fingerprint density at radius 2 is 1.94 bits per heavy atom. The number of nitrogens with one attached hydrogen (secondary N) is 1. The fraction of sp³-hybridized carbons (Fsp3) is 0.625. The van der Waals surface area contributed by atoms with Crippen molar-refractivity contribution in [3.05, 3.63) is 29.8 Å². The summed E-state index contributed by atoms with van der Waals surface area (Å²) >= 11 is 2.10. The van der Waals surface area contributed by atoms with Crippen LogP contribution in [0.25, 0.3) is 0 Å². The first-order valence-electron chi connectivity index (χ1n) is 7.21. The van der Waals surface area contributed by atoms with E-state index in [0.29, 0.717) is 0 Å². The average molecular weight is 263 g/mol. The molecule has 0 unspecified atom stereocenters. The fourth-order valence-electron chi connectivity index (χ4n) is 2.45. The molecule has 100 valence electrons. The van der Waals surface area contributed by atoms with E-state index in [1.165, 1.54) is 36.1 Å². The van der Waals surface area contributed by atoms with E-state index < -0.39 is 0 Å². The van der Waals surface area contributed by atoms with Crippen LogP contribution in [0, 0.1) is 5.92 Å². The monoisotopic (exact) mass is 263 g/mol. The fourth-order valence-corrected chi connectivity index (χ4v) is 3.82. The highest BCUT2D eigenvalue weighted by molar-refractivity contribution is 8.00. The van der Waals surface area contributed by atoms with Crippen LogP contribution < -0.4 is 5.32 Å². The van der Waals surface area contributed by atoms with E-state index >= 15 is 0 Å². The van der Waals surface area contributed by atoms with Gasteiger partial charge < -0.3 is 5.32 Å². The average Bonchev–Trinajstić information content (AvgIpc) is 2.84. The Labute approximate surface area is 116 Å². The van der Waals surface area contributed by atoms with Gasteiger partial charge in [-0.15, -0.1) is 11.8 Å². The molecule has 1 aliphatic rings. The molecule has 1 aliphatic carbocycles. The van der Waals surface area contributed by atoms with Crippen LogP contribution in [0.1, 0.15) is 45.1 Å². The highest BCUT2D eigenvalue weighted by Gasteiger charge is 2.17. The third-order valence-corrected chi connectivity index (χ3v) is 4.89. The third kappa shape index (κ3) is 4.33. The second kappa shape index (κ2) is 7.20. The minimum Gasteiger partial charge on any atom is -0.312 e. The van der Waals surface area contributed by atoms with Crippen LogP contribution in [0.3, 0.4) is 0 Å². The molecule has 0 bridgehead atoms. The highest BCUT2D eigenvalue weighted by atomic mass is 32.2. The standard InChI is InChI=1S/C16H25NS/c1-13(2)11-17-12-14-7-3-6-10-16(14)18-15-8-4-5-9-15/h3,6-7,10,13,15,17H,4-5,8-9,11-12H2,1-2H3. The number of hydrogen-bond donors (Lipinski definition) is 1. The lowest BCUT2D eigenvalue weighted by Crippen LogP contribution is -2.19. The van der Waals surface area contributed by atoms with E-state index in [0.717, 1.165) is 24.3 Å². The van der Waals surface area contributed by atoms with Crippen molar-refractivity contribution in [3.8, 4) is 0 Å². The first-order valence-corrected chi connectivity index (χ1v) is 8.09. The molecule has 1 saturated carbocycles. The second-order valence-corrected chi connectivity index (χ2v) is 7.00. The summed E-state index contributed by atoms with van der Waals surface area (Å²) in [6.07, 6.45) is 5.65. The smallest absolute Gasteiger partial charge is 0.0216 e. The van der Waals surface area contributed by atoms with Crippen molar-refractivity contribution in [2.24, 2.45) is 5.92 Å². The summed E-state index contributed by atoms with van der Waals surface area (Å²) in [6, 6.07) is 8.88. The molecular weight excluding hydrogens is 238 g/mol.